The highest BCUT2D eigenvalue weighted by molar-refractivity contribution is 7.90. The number of amidine groups is 1. The van der Waals surface area contributed by atoms with Crippen molar-refractivity contribution in [3.05, 3.63) is 59.7 Å². The second-order valence-electron chi connectivity index (χ2n) is 6.67. The van der Waals surface area contributed by atoms with Crippen LogP contribution in [0.4, 0.5) is 5.69 Å². The monoisotopic (exact) mass is 413 g/mol. The van der Waals surface area contributed by atoms with Crippen molar-refractivity contribution < 1.29 is 22.7 Å². The van der Waals surface area contributed by atoms with Crippen molar-refractivity contribution in [1.29, 1.82) is 0 Å². The topological polar surface area (TPSA) is 105 Å². The first kappa shape index (κ1) is 19.1. The van der Waals surface area contributed by atoms with Crippen LogP contribution >= 0.6 is 0 Å². The van der Waals surface area contributed by atoms with Crippen LogP contribution in [0.5, 0.6) is 0 Å². The fraction of sp³-hybridized carbons (Fsp3) is 0.250. The van der Waals surface area contributed by atoms with E-state index in [4.69, 9.17) is 4.74 Å². The standard InChI is InChI=1S/C20H19N3O5S/c24-18(23-12-10-14-5-1-3-7-16(14)23)13-28-19(25)9-11-21-20-15-6-2-4-8-17(15)29(26,27)22-20/h1-8H,9-13H2,(H,21,22). The summed E-state index contributed by atoms with van der Waals surface area (Å²) in [6, 6.07) is 14.1. The minimum absolute atomic E-state index is 0.0474. The van der Waals surface area contributed by atoms with Crippen LogP contribution in [0.3, 0.4) is 0 Å². The number of hydrogen-bond donors (Lipinski definition) is 1. The summed E-state index contributed by atoms with van der Waals surface area (Å²) in [6.45, 7) is 0.286. The van der Waals surface area contributed by atoms with Crippen LogP contribution in [-0.4, -0.2) is 45.8 Å². The Labute approximate surface area is 168 Å². The van der Waals surface area contributed by atoms with E-state index in [2.05, 4.69) is 9.71 Å². The largest absolute Gasteiger partial charge is 0.455 e. The van der Waals surface area contributed by atoms with E-state index in [9.17, 15) is 18.0 Å². The van der Waals surface area contributed by atoms with Crippen LogP contribution in [0.15, 0.2) is 58.4 Å². The van der Waals surface area contributed by atoms with E-state index in [1.54, 1.807) is 23.1 Å². The summed E-state index contributed by atoms with van der Waals surface area (Å²) in [5.74, 6) is -0.630. The van der Waals surface area contributed by atoms with Gasteiger partial charge in [0.1, 0.15) is 5.84 Å². The third-order valence-corrected chi connectivity index (χ3v) is 6.19. The molecule has 150 valence electrons. The fourth-order valence-corrected chi connectivity index (χ4v) is 4.65. The van der Waals surface area contributed by atoms with Crippen molar-refractivity contribution in [2.75, 3.05) is 24.6 Å². The Balaban J connectivity index is 1.29. The van der Waals surface area contributed by atoms with Crippen LogP contribution in [0.2, 0.25) is 0 Å². The highest BCUT2D eigenvalue weighted by Gasteiger charge is 2.30. The number of rotatable bonds is 5. The molecule has 2 aliphatic heterocycles. The summed E-state index contributed by atoms with van der Waals surface area (Å²) in [7, 11) is -3.61. The van der Waals surface area contributed by atoms with Crippen molar-refractivity contribution in [2.24, 2.45) is 4.99 Å². The molecule has 0 aliphatic carbocycles. The Bertz CT molecular complexity index is 1110. The summed E-state index contributed by atoms with van der Waals surface area (Å²) in [5.41, 5.74) is 2.43. The first-order chi connectivity index (χ1) is 14.0. The third kappa shape index (κ3) is 3.86. The molecular weight excluding hydrogens is 394 g/mol. The van der Waals surface area contributed by atoms with Crippen LogP contribution in [0.1, 0.15) is 17.5 Å². The number of benzene rings is 2. The minimum Gasteiger partial charge on any atom is -0.455 e. The molecule has 29 heavy (non-hydrogen) atoms. The zero-order valence-electron chi connectivity index (χ0n) is 15.5. The average Bonchev–Trinajstić information content (AvgIpc) is 3.25. The molecule has 0 aromatic heterocycles. The summed E-state index contributed by atoms with van der Waals surface area (Å²) < 4.78 is 31.5. The van der Waals surface area contributed by atoms with Gasteiger partial charge in [-0.3, -0.25) is 19.3 Å². The van der Waals surface area contributed by atoms with Gasteiger partial charge in [-0.2, -0.15) is 0 Å². The van der Waals surface area contributed by atoms with Gasteiger partial charge in [-0.1, -0.05) is 30.3 Å². The molecule has 9 heteroatoms. The van der Waals surface area contributed by atoms with Crippen molar-refractivity contribution in [2.45, 2.75) is 17.7 Å². The van der Waals surface area contributed by atoms with Gasteiger partial charge in [-0.15, -0.1) is 0 Å². The van der Waals surface area contributed by atoms with Crippen molar-refractivity contribution in [3.8, 4) is 0 Å². The van der Waals surface area contributed by atoms with Crippen LogP contribution in [-0.2, 0) is 30.8 Å². The zero-order chi connectivity index (χ0) is 20.4. The number of para-hydroxylation sites is 1. The number of anilines is 1. The number of sulfonamides is 1. The van der Waals surface area contributed by atoms with E-state index in [0.717, 1.165) is 17.7 Å². The molecule has 0 atom stereocenters. The fourth-order valence-electron chi connectivity index (χ4n) is 3.40. The average molecular weight is 413 g/mol. The molecule has 2 aromatic rings. The number of nitrogens with one attached hydrogen (secondary N) is 1. The number of fused-ring (bicyclic) bond motifs is 2. The molecule has 2 heterocycles. The highest BCUT2D eigenvalue weighted by atomic mass is 32.2. The number of aliphatic imine (C=N–C) groups is 1. The first-order valence-electron chi connectivity index (χ1n) is 9.16. The van der Waals surface area contributed by atoms with Gasteiger partial charge in [-0.05, 0) is 30.2 Å². The predicted molar refractivity (Wildman–Crippen MR) is 106 cm³/mol. The van der Waals surface area contributed by atoms with Gasteiger partial charge in [-0.25, -0.2) is 8.42 Å². The first-order valence-corrected chi connectivity index (χ1v) is 10.6. The Morgan fingerprint density at radius 2 is 1.86 bits per heavy atom. The van der Waals surface area contributed by atoms with Crippen LogP contribution < -0.4 is 9.62 Å². The van der Waals surface area contributed by atoms with Gasteiger partial charge in [0.2, 0.25) is 0 Å². The van der Waals surface area contributed by atoms with E-state index < -0.39 is 16.0 Å². The number of carbonyl (C=O) groups excluding carboxylic acids is 2. The number of amides is 1. The lowest BCUT2D eigenvalue weighted by Crippen LogP contribution is -2.33. The number of esters is 1. The Hall–Kier alpha value is -3.20. The lowest BCUT2D eigenvalue weighted by molar-refractivity contribution is -0.147. The number of nitrogens with zero attached hydrogens (tertiary/aromatic N) is 2. The van der Waals surface area contributed by atoms with E-state index in [1.165, 1.54) is 6.07 Å². The number of carbonyl (C=O) groups is 2. The lowest BCUT2D eigenvalue weighted by Gasteiger charge is -2.17. The molecule has 1 N–H and O–H groups in total. The predicted octanol–water partition coefficient (Wildman–Crippen LogP) is 1.25. The molecule has 2 aromatic carbocycles. The summed E-state index contributed by atoms with van der Waals surface area (Å²) in [4.78, 5) is 30.2. The maximum atomic E-state index is 12.3. The van der Waals surface area contributed by atoms with E-state index in [-0.39, 0.29) is 36.2 Å². The second kappa shape index (κ2) is 7.67. The van der Waals surface area contributed by atoms with Crippen LogP contribution in [0.25, 0.3) is 0 Å². The molecule has 0 bridgehead atoms. The highest BCUT2D eigenvalue weighted by Crippen LogP contribution is 2.27. The van der Waals surface area contributed by atoms with E-state index in [0.29, 0.717) is 12.1 Å². The maximum Gasteiger partial charge on any atom is 0.308 e. The molecule has 2 aliphatic rings. The van der Waals surface area contributed by atoms with Crippen LogP contribution in [0, 0.1) is 0 Å². The van der Waals surface area contributed by atoms with Gasteiger partial charge in [0.05, 0.1) is 17.9 Å². The number of ether oxygens (including phenoxy) is 1. The minimum atomic E-state index is -3.61. The van der Waals surface area contributed by atoms with Crippen molar-refractivity contribution in [3.63, 3.8) is 0 Å². The maximum absolute atomic E-state index is 12.3. The third-order valence-electron chi connectivity index (χ3n) is 4.79. The SMILES string of the molecule is O=C(CCN=C1NS(=O)(=O)c2ccccc21)OCC(=O)N1CCc2ccccc21. The Kier molecular flexibility index (Phi) is 5.06. The second-order valence-corrected chi connectivity index (χ2v) is 8.32. The molecule has 4 rings (SSSR count). The van der Waals surface area contributed by atoms with Gasteiger partial charge in [0, 0.05) is 17.8 Å². The quantitative estimate of drug-likeness (QED) is 0.743. The van der Waals surface area contributed by atoms with Crippen molar-refractivity contribution in [1.82, 2.24) is 4.72 Å². The molecule has 0 radical (unpaired) electrons. The summed E-state index contributed by atoms with van der Waals surface area (Å²) >= 11 is 0. The van der Waals surface area contributed by atoms with Gasteiger partial charge < -0.3 is 9.64 Å². The smallest absolute Gasteiger partial charge is 0.308 e. The summed E-state index contributed by atoms with van der Waals surface area (Å²) in [6.07, 6.45) is 0.724. The molecule has 0 fully saturated rings. The normalized spacial score (nSPS) is 17.5. The Morgan fingerprint density at radius 3 is 2.72 bits per heavy atom. The van der Waals surface area contributed by atoms with Crippen molar-refractivity contribution >= 4 is 33.4 Å². The van der Waals surface area contributed by atoms with Gasteiger partial charge in [0.25, 0.3) is 15.9 Å². The van der Waals surface area contributed by atoms with E-state index >= 15 is 0 Å². The Morgan fingerprint density at radius 1 is 1.10 bits per heavy atom. The van der Waals surface area contributed by atoms with Gasteiger partial charge in [0.15, 0.2) is 6.61 Å². The molecule has 8 nitrogen and oxygen atoms in total. The van der Waals surface area contributed by atoms with Gasteiger partial charge >= 0.3 is 5.97 Å². The zero-order valence-corrected chi connectivity index (χ0v) is 16.3. The molecule has 0 unspecified atom stereocenters. The summed E-state index contributed by atoms with van der Waals surface area (Å²) in [5, 5.41) is 0. The number of hydrogen-bond acceptors (Lipinski definition) is 6. The lowest BCUT2D eigenvalue weighted by atomic mass is 10.2. The molecule has 1 amide bonds. The molecule has 0 spiro atoms. The van der Waals surface area contributed by atoms with E-state index in [1.807, 2.05) is 24.3 Å². The molecule has 0 saturated carbocycles. The molecule has 0 saturated heterocycles. The molecular formula is C20H19N3O5S.